The van der Waals surface area contributed by atoms with Crippen LogP contribution in [0.5, 0.6) is 0 Å². The van der Waals surface area contributed by atoms with Crippen molar-refractivity contribution < 1.29 is 9.21 Å². The number of nitrogens with zero attached hydrogens (tertiary/aromatic N) is 4. The van der Waals surface area contributed by atoms with Gasteiger partial charge in [0.1, 0.15) is 0 Å². The molecule has 26 heavy (non-hydrogen) atoms. The fourth-order valence-corrected chi connectivity index (χ4v) is 6.12. The van der Waals surface area contributed by atoms with E-state index in [-0.39, 0.29) is 11.3 Å². The van der Waals surface area contributed by atoms with Crippen LogP contribution in [-0.2, 0) is 11.3 Å². The molecule has 1 aliphatic carbocycles. The van der Waals surface area contributed by atoms with E-state index in [0.717, 1.165) is 39.0 Å². The number of carbonyl (C=O) groups is 1. The van der Waals surface area contributed by atoms with Crippen LogP contribution in [0.3, 0.4) is 0 Å². The molecule has 1 saturated carbocycles. The first kappa shape index (κ1) is 18.3. The smallest absolute Gasteiger partial charge is 0.277 e. The number of amides is 1. The number of carbonyl (C=O) groups excluding carboxylic acids is 1. The molecule has 6 nitrogen and oxygen atoms in total. The van der Waals surface area contributed by atoms with Crippen molar-refractivity contribution >= 4 is 17.7 Å². The van der Waals surface area contributed by atoms with Crippen molar-refractivity contribution in [2.75, 3.05) is 25.4 Å². The van der Waals surface area contributed by atoms with Crippen molar-refractivity contribution in [3.8, 4) is 0 Å². The summed E-state index contributed by atoms with van der Waals surface area (Å²) >= 11 is 1.38. The Morgan fingerprint density at radius 3 is 2.77 bits per heavy atom. The SMILES string of the molecule is CC1(C)C[C@H]2C[C@@](C)(CN2C(=O)CSc2nnc(CN3CCCC3)o2)C1. The second kappa shape index (κ2) is 6.82. The molecule has 1 aromatic heterocycles. The van der Waals surface area contributed by atoms with Crippen LogP contribution in [-0.4, -0.2) is 57.3 Å². The molecule has 0 unspecified atom stereocenters. The summed E-state index contributed by atoms with van der Waals surface area (Å²) in [5.41, 5.74) is 0.608. The van der Waals surface area contributed by atoms with Gasteiger partial charge in [-0.1, -0.05) is 32.5 Å². The molecular weight excluding hydrogens is 348 g/mol. The van der Waals surface area contributed by atoms with Gasteiger partial charge in [-0.05, 0) is 56.0 Å². The van der Waals surface area contributed by atoms with E-state index in [1.54, 1.807) is 0 Å². The van der Waals surface area contributed by atoms with Gasteiger partial charge < -0.3 is 9.32 Å². The zero-order chi connectivity index (χ0) is 18.4. The Kier molecular flexibility index (Phi) is 4.80. The second-order valence-corrected chi connectivity index (χ2v) is 10.4. The van der Waals surface area contributed by atoms with E-state index in [1.165, 1.54) is 31.0 Å². The number of thioether (sulfide) groups is 1. The normalized spacial score (nSPS) is 30.9. The minimum absolute atomic E-state index is 0.209. The molecule has 3 aliphatic rings. The molecule has 2 bridgehead atoms. The van der Waals surface area contributed by atoms with Gasteiger partial charge in [-0.3, -0.25) is 9.69 Å². The third-order valence-corrected chi connectivity index (χ3v) is 6.86. The van der Waals surface area contributed by atoms with Crippen molar-refractivity contribution in [1.29, 1.82) is 0 Å². The lowest BCUT2D eigenvalue weighted by Crippen LogP contribution is -2.38. The molecule has 2 aliphatic heterocycles. The van der Waals surface area contributed by atoms with Crippen LogP contribution >= 0.6 is 11.8 Å². The molecule has 0 N–H and O–H groups in total. The molecule has 2 atom stereocenters. The highest BCUT2D eigenvalue weighted by molar-refractivity contribution is 7.99. The Hall–Kier alpha value is -1.08. The summed E-state index contributed by atoms with van der Waals surface area (Å²) in [5, 5.41) is 8.76. The second-order valence-electron chi connectivity index (χ2n) is 9.47. The average Bonchev–Trinajstić information content (AvgIpc) is 3.25. The summed E-state index contributed by atoms with van der Waals surface area (Å²) in [6.45, 7) is 10.8. The first-order valence-corrected chi connectivity index (χ1v) is 10.8. The third kappa shape index (κ3) is 3.93. The van der Waals surface area contributed by atoms with Gasteiger partial charge in [-0.15, -0.1) is 10.2 Å². The van der Waals surface area contributed by atoms with Gasteiger partial charge in [-0.25, -0.2) is 0 Å². The first-order valence-electron chi connectivity index (χ1n) is 9.79. The maximum Gasteiger partial charge on any atom is 0.277 e. The van der Waals surface area contributed by atoms with Crippen LogP contribution in [0.1, 0.15) is 58.8 Å². The highest BCUT2D eigenvalue weighted by atomic mass is 32.2. The summed E-state index contributed by atoms with van der Waals surface area (Å²) in [6, 6.07) is 0.394. The van der Waals surface area contributed by atoms with E-state index in [2.05, 4.69) is 40.8 Å². The highest BCUT2D eigenvalue weighted by Crippen LogP contribution is 2.52. The number of likely N-dealkylation sites (tertiary alicyclic amines) is 2. The Balaban J connectivity index is 1.31. The minimum Gasteiger partial charge on any atom is -0.415 e. The molecule has 1 aromatic rings. The third-order valence-electron chi connectivity index (χ3n) is 6.06. The summed E-state index contributed by atoms with van der Waals surface area (Å²) in [4.78, 5) is 17.3. The topological polar surface area (TPSA) is 62.5 Å². The van der Waals surface area contributed by atoms with Crippen LogP contribution < -0.4 is 0 Å². The largest absolute Gasteiger partial charge is 0.415 e. The lowest BCUT2D eigenvalue weighted by Gasteiger charge is -2.39. The van der Waals surface area contributed by atoms with Crippen LogP contribution in [0.25, 0.3) is 0 Å². The molecule has 1 amide bonds. The molecule has 144 valence electrons. The van der Waals surface area contributed by atoms with Crippen LogP contribution in [0.4, 0.5) is 0 Å². The van der Waals surface area contributed by atoms with Crippen LogP contribution in [0, 0.1) is 10.8 Å². The Bertz CT molecular complexity index is 670. The lowest BCUT2D eigenvalue weighted by molar-refractivity contribution is -0.129. The summed E-state index contributed by atoms with van der Waals surface area (Å²) in [6.07, 6.45) is 5.96. The maximum atomic E-state index is 12.8. The van der Waals surface area contributed by atoms with Gasteiger partial charge in [0.05, 0.1) is 12.3 Å². The van der Waals surface area contributed by atoms with Crippen LogP contribution in [0.2, 0.25) is 0 Å². The van der Waals surface area contributed by atoms with Crippen molar-refractivity contribution in [2.45, 2.75) is 70.7 Å². The van der Waals surface area contributed by atoms with Crippen LogP contribution in [0.15, 0.2) is 9.64 Å². The number of fused-ring (bicyclic) bond motifs is 2. The zero-order valence-corrected chi connectivity index (χ0v) is 17.0. The fourth-order valence-electron chi connectivity index (χ4n) is 5.45. The summed E-state index contributed by atoms with van der Waals surface area (Å²) in [7, 11) is 0. The molecular formula is C19H30N4O2S. The van der Waals surface area contributed by atoms with Gasteiger partial charge in [-0.2, -0.15) is 0 Å². The van der Waals surface area contributed by atoms with E-state index in [9.17, 15) is 4.79 Å². The van der Waals surface area contributed by atoms with Gasteiger partial charge in [0.25, 0.3) is 5.22 Å². The summed E-state index contributed by atoms with van der Waals surface area (Å²) in [5.74, 6) is 1.26. The van der Waals surface area contributed by atoms with Gasteiger partial charge in [0, 0.05) is 12.6 Å². The number of aromatic nitrogens is 2. The van der Waals surface area contributed by atoms with E-state index < -0.39 is 0 Å². The quantitative estimate of drug-likeness (QED) is 0.733. The number of rotatable bonds is 5. The lowest BCUT2D eigenvalue weighted by atomic mass is 9.65. The van der Waals surface area contributed by atoms with E-state index >= 15 is 0 Å². The molecule has 3 fully saturated rings. The predicted molar refractivity (Wildman–Crippen MR) is 101 cm³/mol. The van der Waals surface area contributed by atoms with E-state index in [0.29, 0.717) is 28.3 Å². The number of hydrogen-bond acceptors (Lipinski definition) is 6. The fraction of sp³-hybridized carbons (Fsp3) is 0.842. The van der Waals surface area contributed by atoms with Crippen molar-refractivity contribution in [3.05, 3.63) is 5.89 Å². The molecule has 7 heteroatoms. The standard InChI is InChI=1S/C19H30N4O2S/c1-18(2)8-14-9-19(3,12-18)13-23(14)16(24)11-26-17-21-20-15(25-17)10-22-6-4-5-7-22/h14H,4-13H2,1-3H3/t14-,19+/m0/s1. The van der Waals surface area contributed by atoms with Gasteiger partial charge >= 0.3 is 0 Å². The zero-order valence-electron chi connectivity index (χ0n) is 16.2. The Labute approximate surface area is 160 Å². The molecule has 0 spiro atoms. The van der Waals surface area contributed by atoms with E-state index in [4.69, 9.17) is 4.42 Å². The summed E-state index contributed by atoms with van der Waals surface area (Å²) < 4.78 is 5.73. The minimum atomic E-state index is 0.209. The Morgan fingerprint density at radius 2 is 2.00 bits per heavy atom. The molecule has 3 heterocycles. The molecule has 0 radical (unpaired) electrons. The Morgan fingerprint density at radius 1 is 1.23 bits per heavy atom. The average molecular weight is 379 g/mol. The molecule has 0 aromatic carbocycles. The van der Waals surface area contributed by atoms with Crippen molar-refractivity contribution in [1.82, 2.24) is 20.0 Å². The predicted octanol–water partition coefficient (Wildman–Crippen LogP) is 3.18. The molecule has 2 saturated heterocycles. The van der Waals surface area contributed by atoms with Gasteiger partial charge in [0.15, 0.2) is 0 Å². The molecule has 4 rings (SSSR count). The van der Waals surface area contributed by atoms with E-state index in [1.807, 2.05) is 0 Å². The first-order chi connectivity index (χ1) is 12.3. The number of hydrogen-bond donors (Lipinski definition) is 0. The van der Waals surface area contributed by atoms with Crippen molar-refractivity contribution in [3.63, 3.8) is 0 Å². The highest BCUT2D eigenvalue weighted by Gasteiger charge is 2.50. The van der Waals surface area contributed by atoms with Gasteiger partial charge in [0.2, 0.25) is 11.8 Å². The maximum absolute atomic E-state index is 12.8. The monoisotopic (exact) mass is 378 g/mol. The van der Waals surface area contributed by atoms with Crippen molar-refractivity contribution in [2.24, 2.45) is 10.8 Å².